The van der Waals surface area contributed by atoms with Crippen LogP contribution in [0.3, 0.4) is 0 Å². The van der Waals surface area contributed by atoms with Crippen LogP contribution in [-0.2, 0) is 19.6 Å². The molecule has 1 fully saturated rings. The van der Waals surface area contributed by atoms with Crippen molar-refractivity contribution in [2.24, 2.45) is 5.92 Å². The van der Waals surface area contributed by atoms with E-state index in [0.29, 0.717) is 24.1 Å². The highest BCUT2D eigenvalue weighted by Gasteiger charge is 2.32. The van der Waals surface area contributed by atoms with Gasteiger partial charge in [-0.3, -0.25) is 9.78 Å². The number of esters is 1. The van der Waals surface area contributed by atoms with E-state index in [1.54, 1.807) is 13.1 Å². The van der Waals surface area contributed by atoms with E-state index in [0.717, 1.165) is 10.9 Å². The number of hydrogen-bond donors (Lipinski definition) is 1. The van der Waals surface area contributed by atoms with Gasteiger partial charge in [0.2, 0.25) is 15.9 Å². The van der Waals surface area contributed by atoms with Crippen molar-refractivity contribution in [2.45, 2.75) is 24.7 Å². The molecule has 1 N–H and O–H groups in total. The Morgan fingerprint density at radius 3 is 2.48 bits per heavy atom. The second-order valence-electron chi connectivity index (χ2n) is 7.83. The fourth-order valence-electron chi connectivity index (χ4n) is 3.87. The van der Waals surface area contributed by atoms with Crippen LogP contribution < -0.4 is 5.32 Å². The van der Waals surface area contributed by atoms with Crippen LogP contribution in [-0.4, -0.2) is 49.3 Å². The number of amides is 1. The molecule has 8 nitrogen and oxygen atoms in total. The molecule has 33 heavy (non-hydrogen) atoms. The number of para-hydroxylation sites is 1. The van der Waals surface area contributed by atoms with Crippen LogP contribution in [0.2, 0.25) is 0 Å². The molecule has 0 bridgehead atoms. The summed E-state index contributed by atoms with van der Waals surface area (Å²) in [5.41, 5.74) is 1.77. The van der Waals surface area contributed by atoms with E-state index >= 15 is 0 Å². The average molecular weight is 468 g/mol. The number of sulfonamides is 1. The highest BCUT2D eigenvalue weighted by molar-refractivity contribution is 7.89. The van der Waals surface area contributed by atoms with Crippen LogP contribution >= 0.6 is 0 Å². The van der Waals surface area contributed by atoms with Gasteiger partial charge in [0.25, 0.3) is 0 Å². The second-order valence-corrected chi connectivity index (χ2v) is 9.77. The molecule has 172 valence electrons. The van der Waals surface area contributed by atoms with Gasteiger partial charge >= 0.3 is 5.97 Å². The van der Waals surface area contributed by atoms with Crippen LogP contribution in [0.4, 0.5) is 5.69 Å². The summed E-state index contributed by atoms with van der Waals surface area (Å²) >= 11 is 0. The Kier molecular flexibility index (Phi) is 6.71. The van der Waals surface area contributed by atoms with Crippen molar-refractivity contribution in [1.29, 1.82) is 0 Å². The molecule has 9 heteroatoms. The van der Waals surface area contributed by atoms with Crippen molar-refractivity contribution in [3.63, 3.8) is 0 Å². The maximum Gasteiger partial charge on any atom is 0.338 e. The molecule has 0 aliphatic carbocycles. The number of anilines is 1. The monoisotopic (exact) mass is 467 g/mol. The maximum absolute atomic E-state index is 13.0. The standard InChI is InChI=1S/C24H25N3O5S/c1-2-32-24(29)18-7-9-21(10-8-18)33(30,31)27-13-11-17(12-14-27)23(28)26-20-15-19-5-3-4-6-22(19)25-16-20/h3-10,15-17H,2,11-14H2,1H3,(H,26,28). The molecule has 1 aliphatic heterocycles. The summed E-state index contributed by atoms with van der Waals surface area (Å²) in [5, 5.41) is 3.84. The molecule has 2 aromatic carbocycles. The van der Waals surface area contributed by atoms with Gasteiger partial charge in [0.05, 0.1) is 34.5 Å². The van der Waals surface area contributed by atoms with Crippen molar-refractivity contribution < 1.29 is 22.7 Å². The van der Waals surface area contributed by atoms with Gasteiger partial charge in [-0.05, 0) is 56.2 Å². The summed E-state index contributed by atoms with van der Waals surface area (Å²) in [4.78, 5) is 29.0. The van der Waals surface area contributed by atoms with Crippen LogP contribution in [0, 0.1) is 5.92 Å². The lowest BCUT2D eigenvalue weighted by atomic mass is 9.97. The number of pyridine rings is 1. The third-order valence-electron chi connectivity index (χ3n) is 5.69. The van der Waals surface area contributed by atoms with Crippen molar-refractivity contribution in [2.75, 3.05) is 25.0 Å². The van der Waals surface area contributed by atoms with Crippen molar-refractivity contribution >= 4 is 38.5 Å². The van der Waals surface area contributed by atoms with E-state index in [-0.39, 0.29) is 36.4 Å². The van der Waals surface area contributed by atoms with Gasteiger partial charge in [0.15, 0.2) is 0 Å². The maximum atomic E-state index is 13.0. The minimum absolute atomic E-state index is 0.112. The van der Waals surface area contributed by atoms with Crippen LogP contribution in [0.15, 0.2) is 65.7 Å². The molecule has 4 rings (SSSR count). The SMILES string of the molecule is CCOC(=O)c1ccc(S(=O)(=O)N2CCC(C(=O)Nc3cnc4ccccc4c3)CC2)cc1. The number of rotatable bonds is 6. The molecule has 0 unspecified atom stereocenters. The summed E-state index contributed by atoms with van der Waals surface area (Å²) < 4.78 is 32.3. The quantitative estimate of drug-likeness (QED) is 0.557. The fourth-order valence-corrected chi connectivity index (χ4v) is 5.34. The molecule has 1 aromatic heterocycles. The molecule has 3 aromatic rings. The number of nitrogens with one attached hydrogen (secondary N) is 1. The summed E-state index contributed by atoms with van der Waals surface area (Å²) in [6.07, 6.45) is 2.47. The molecule has 1 saturated heterocycles. The van der Waals surface area contributed by atoms with E-state index < -0.39 is 16.0 Å². The predicted octanol–water partition coefficient (Wildman–Crippen LogP) is 3.45. The molecule has 1 aliphatic rings. The minimum atomic E-state index is -3.71. The Hall–Kier alpha value is -3.30. The molecular formula is C24H25N3O5S. The highest BCUT2D eigenvalue weighted by atomic mass is 32.2. The summed E-state index contributed by atoms with van der Waals surface area (Å²) in [5.74, 6) is -0.910. The van der Waals surface area contributed by atoms with Gasteiger partial charge in [0.1, 0.15) is 0 Å². The van der Waals surface area contributed by atoms with Gasteiger partial charge in [-0.25, -0.2) is 13.2 Å². The Balaban J connectivity index is 1.37. The first-order valence-corrected chi connectivity index (χ1v) is 12.3. The van der Waals surface area contributed by atoms with Crippen LogP contribution in [0.1, 0.15) is 30.1 Å². The third kappa shape index (κ3) is 5.04. The number of aromatic nitrogens is 1. The molecule has 0 spiro atoms. The van der Waals surface area contributed by atoms with Crippen LogP contribution in [0.5, 0.6) is 0 Å². The molecule has 0 saturated carbocycles. The topological polar surface area (TPSA) is 106 Å². The lowest BCUT2D eigenvalue weighted by molar-refractivity contribution is -0.120. The molecule has 0 radical (unpaired) electrons. The van der Waals surface area contributed by atoms with Gasteiger partial charge < -0.3 is 10.1 Å². The van der Waals surface area contributed by atoms with Gasteiger partial charge in [0, 0.05) is 24.4 Å². The Labute approximate surface area is 192 Å². The van der Waals surface area contributed by atoms with Crippen molar-refractivity contribution in [3.8, 4) is 0 Å². The number of piperidine rings is 1. The van der Waals surface area contributed by atoms with Gasteiger partial charge in [-0.2, -0.15) is 4.31 Å². The first-order chi connectivity index (χ1) is 15.9. The first-order valence-electron chi connectivity index (χ1n) is 10.8. The lowest BCUT2D eigenvalue weighted by Crippen LogP contribution is -2.41. The van der Waals surface area contributed by atoms with Crippen molar-refractivity contribution in [1.82, 2.24) is 9.29 Å². The number of fused-ring (bicyclic) bond motifs is 1. The number of hydrogen-bond acceptors (Lipinski definition) is 6. The first kappa shape index (κ1) is 22.9. The minimum Gasteiger partial charge on any atom is -0.462 e. The smallest absolute Gasteiger partial charge is 0.338 e. The molecular weight excluding hydrogens is 442 g/mol. The molecule has 0 atom stereocenters. The summed E-state index contributed by atoms with van der Waals surface area (Å²) in [7, 11) is -3.71. The van der Waals surface area contributed by atoms with Gasteiger partial charge in [-0.15, -0.1) is 0 Å². The van der Waals surface area contributed by atoms with E-state index in [2.05, 4.69) is 10.3 Å². The molecule has 2 heterocycles. The summed E-state index contributed by atoms with van der Waals surface area (Å²) in [6.45, 7) is 2.45. The lowest BCUT2D eigenvalue weighted by Gasteiger charge is -2.30. The number of benzene rings is 2. The zero-order chi connectivity index (χ0) is 23.4. The normalized spacial score (nSPS) is 15.3. The highest BCUT2D eigenvalue weighted by Crippen LogP contribution is 2.26. The van der Waals surface area contributed by atoms with E-state index in [1.165, 1.54) is 28.6 Å². The Bertz CT molecular complexity index is 1270. The van der Waals surface area contributed by atoms with Crippen molar-refractivity contribution in [3.05, 3.63) is 66.4 Å². The van der Waals surface area contributed by atoms with E-state index in [4.69, 9.17) is 4.74 Å². The number of ether oxygens (including phenoxy) is 1. The van der Waals surface area contributed by atoms with E-state index in [1.807, 2.05) is 30.3 Å². The number of carbonyl (C=O) groups is 2. The largest absolute Gasteiger partial charge is 0.462 e. The average Bonchev–Trinajstić information content (AvgIpc) is 2.84. The van der Waals surface area contributed by atoms with Crippen LogP contribution in [0.25, 0.3) is 10.9 Å². The third-order valence-corrected chi connectivity index (χ3v) is 7.60. The second kappa shape index (κ2) is 9.68. The van der Waals surface area contributed by atoms with E-state index in [9.17, 15) is 18.0 Å². The summed E-state index contributed by atoms with van der Waals surface area (Å²) in [6, 6.07) is 15.2. The number of nitrogens with zero attached hydrogens (tertiary/aromatic N) is 2. The Morgan fingerprint density at radius 1 is 1.09 bits per heavy atom. The fraction of sp³-hybridized carbons (Fsp3) is 0.292. The number of carbonyl (C=O) groups excluding carboxylic acids is 2. The zero-order valence-electron chi connectivity index (χ0n) is 18.2. The van der Waals surface area contributed by atoms with Gasteiger partial charge in [-0.1, -0.05) is 18.2 Å². The Morgan fingerprint density at radius 2 is 1.79 bits per heavy atom. The zero-order valence-corrected chi connectivity index (χ0v) is 19.0. The predicted molar refractivity (Wildman–Crippen MR) is 124 cm³/mol. The molecule has 1 amide bonds.